The van der Waals surface area contributed by atoms with E-state index in [2.05, 4.69) is 0 Å². The summed E-state index contributed by atoms with van der Waals surface area (Å²) in [6, 6.07) is 11.4. The summed E-state index contributed by atoms with van der Waals surface area (Å²) in [4.78, 5) is 25.1. The molecule has 2 aliphatic rings. The van der Waals surface area contributed by atoms with Crippen LogP contribution in [-0.2, 0) is 11.2 Å². The number of carbonyl (C=O) groups excluding carboxylic acids is 1. The van der Waals surface area contributed by atoms with Gasteiger partial charge < -0.3 is 14.7 Å². The van der Waals surface area contributed by atoms with Gasteiger partial charge in [-0.05, 0) is 54.3 Å². The fraction of sp³-hybridized carbons (Fsp3) is 0.273. The van der Waals surface area contributed by atoms with Crippen molar-refractivity contribution in [3.8, 4) is 16.9 Å². The van der Waals surface area contributed by atoms with Gasteiger partial charge in [-0.3, -0.25) is 4.79 Å². The summed E-state index contributed by atoms with van der Waals surface area (Å²) in [5.74, 6) is -0.321. The fourth-order valence-electron chi connectivity index (χ4n) is 3.72. The number of benzene rings is 2. The van der Waals surface area contributed by atoms with Gasteiger partial charge in [-0.25, -0.2) is 4.79 Å². The normalized spacial score (nSPS) is 18.3. The molecule has 6 heteroatoms. The van der Waals surface area contributed by atoms with Crippen LogP contribution in [0.5, 0.6) is 5.75 Å². The minimum absolute atomic E-state index is 0.0810. The second-order valence-corrected chi connectivity index (χ2v) is 7.49. The lowest BCUT2D eigenvalue weighted by molar-refractivity contribution is -0.131. The monoisotopic (exact) mass is 397 g/mol. The van der Waals surface area contributed by atoms with Gasteiger partial charge in [0.25, 0.3) is 5.91 Å². The number of hydrogen-bond acceptors (Lipinski definition) is 3. The average Bonchev–Trinajstić information content (AvgIpc) is 3.36. The third-order valence-electron chi connectivity index (χ3n) is 5.12. The fourth-order valence-corrected chi connectivity index (χ4v) is 4.00. The molecular weight excluding hydrogens is 378 g/mol. The molecule has 1 N–H and O–H groups in total. The molecule has 144 valence electrons. The number of rotatable bonds is 4. The standard InChI is InChI=1S/C22H20ClNO4/c23-19-13-16(11-17-12-18(28-21(17)19)7-8-20(25)26)14-3-5-15(6-4-14)22(27)24-9-1-2-10-24/h3-8,11,13,18H,1-2,9-10,12H2,(H,25,26)/b8-7+. The zero-order chi connectivity index (χ0) is 19.7. The largest absolute Gasteiger partial charge is 0.484 e. The molecule has 0 spiro atoms. The van der Waals surface area contributed by atoms with Crippen LogP contribution in [0.1, 0.15) is 28.8 Å². The van der Waals surface area contributed by atoms with Gasteiger partial charge in [-0.15, -0.1) is 0 Å². The molecule has 28 heavy (non-hydrogen) atoms. The molecule has 0 radical (unpaired) electrons. The summed E-state index contributed by atoms with van der Waals surface area (Å²) in [6.07, 6.45) is 4.99. The summed E-state index contributed by atoms with van der Waals surface area (Å²) < 4.78 is 5.75. The first-order chi connectivity index (χ1) is 13.5. The van der Waals surface area contributed by atoms with E-state index in [4.69, 9.17) is 21.4 Å². The number of fused-ring (bicyclic) bond motifs is 1. The highest BCUT2D eigenvalue weighted by atomic mass is 35.5. The van der Waals surface area contributed by atoms with Crippen molar-refractivity contribution in [3.05, 3.63) is 64.7 Å². The highest BCUT2D eigenvalue weighted by molar-refractivity contribution is 6.32. The van der Waals surface area contributed by atoms with Crippen LogP contribution in [0.3, 0.4) is 0 Å². The SMILES string of the molecule is O=C(O)/C=C/C1Cc2cc(-c3ccc(C(=O)N4CCCC4)cc3)cc(Cl)c2O1. The maximum atomic E-state index is 12.5. The molecule has 0 aromatic heterocycles. The maximum Gasteiger partial charge on any atom is 0.328 e. The molecule has 1 unspecified atom stereocenters. The van der Waals surface area contributed by atoms with Gasteiger partial charge in [-0.2, -0.15) is 0 Å². The van der Waals surface area contributed by atoms with E-state index < -0.39 is 5.97 Å². The first kappa shape index (κ1) is 18.6. The lowest BCUT2D eigenvalue weighted by Gasteiger charge is -2.15. The van der Waals surface area contributed by atoms with Crippen LogP contribution < -0.4 is 4.74 Å². The van der Waals surface area contributed by atoms with E-state index in [1.54, 1.807) is 0 Å². The predicted molar refractivity (Wildman–Crippen MR) is 107 cm³/mol. The number of ether oxygens (including phenoxy) is 1. The van der Waals surface area contributed by atoms with E-state index >= 15 is 0 Å². The number of halogens is 1. The highest BCUT2D eigenvalue weighted by Gasteiger charge is 2.25. The molecule has 1 fully saturated rings. The van der Waals surface area contributed by atoms with Gasteiger partial charge in [-0.1, -0.05) is 23.7 Å². The Balaban J connectivity index is 1.54. The van der Waals surface area contributed by atoms with Crippen LogP contribution in [0, 0.1) is 0 Å². The molecule has 1 saturated heterocycles. The summed E-state index contributed by atoms with van der Waals surface area (Å²) in [5, 5.41) is 9.27. The second kappa shape index (κ2) is 7.68. The number of amides is 1. The first-order valence-electron chi connectivity index (χ1n) is 9.31. The first-order valence-corrected chi connectivity index (χ1v) is 9.69. The third kappa shape index (κ3) is 3.76. The number of nitrogens with zero attached hydrogens (tertiary/aromatic N) is 1. The van der Waals surface area contributed by atoms with E-state index in [1.807, 2.05) is 41.3 Å². The molecule has 0 saturated carbocycles. The molecule has 2 aromatic carbocycles. The molecule has 4 rings (SSSR count). The van der Waals surface area contributed by atoms with Crippen molar-refractivity contribution in [3.63, 3.8) is 0 Å². The molecule has 2 heterocycles. The minimum Gasteiger partial charge on any atom is -0.484 e. The van der Waals surface area contributed by atoms with E-state index in [0.29, 0.717) is 22.8 Å². The van der Waals surface area contributed by atoms with Crippen molar-refractivity contribution in [2.75, 3.05) is 13.1 Å². The van der Waals surface area contributed by atoms with Crippen molar-refractivity contribution in [2.45, 2.75) is 25.4 Å². The van der Waals surface area contributed by atoms with Crippen LogP contribution in [0.2, 0.25) is 5.02 Å². The number of hydrogen-bond donors (Lipinski definition) is 1. The quantitative estimate of drug-likeness (QED) is 0.785. The maximum absolute atomic E-state index is 12.5. The van der Waals surface area contributed by atoms with E-state index in [9.17, 15) is 9.59 Å². The van der Waals surface area contributed by atoms with Crippen LogP contribution in [0.25, 0.3) is 11.1 Å². The van der Waals surface area contributed by atoms with Crippen molar-refractivity contribution in [1.82, 2.24) is 4.90 Å². The van der Waals surface area contributed by atoms with Crippen LogP contribution in [0.4, 0.5) is 0 Å². The molecule has 1 atom stereocenters. The number of carbonyl (C=O) groups is 2. The van der Waals surface area contributed by atoms with Crippen LogP contribution in [0.15, 0.2) is 48.6 Å². The van der Waals surface area contributed by atoms with Crippen molar-refractivity contribution < 1.29 is 19.4 Å². The number of likely N-dealkylation sites (tertiary alicyclic amines) is 1. The lowest BCUT2D eigenvalue weighted by Crippen LogP contribution is -2.27. The Labute approximate surface area is 168 Å². The Morgan fingerprint density at radius 2 is 1.82 bits per heavy atom. The summed E-state index contributed by atoms with van der Waals surface area (Å²) in [6.45, 7) is 1.66. The number of carboxylic acid groups (broad SMARTS) is 1. The molecule has 5 nitrogen and oxygen atoms in total. The topological polar surface area (TPSA) is 66.8 Å². The Morgan fingerprint density at radius 1 is 1.11 bits per heavy atom. The Hall–Kier alpha value is -2.79. The molecular formula is C22H20ClNO4. The van der Waals surface area contributed by atoms with Gasteiger partial charge in [0, 0.05) is 36.7 Å². The van der Waals surface area contributed by atoms with Crippen molar-refractivity contribution >= 4 is 23.5 Å². The zero-order valence-corrected chi connectivity index (χ0v) is 16.0. The van der Waals surface area contributed by atoms with Gasteiger partial charge >= 0.3 is 5.97 Å². The Morgan fingerprint density at radius 3 is 2.50 bits per heavy atom. The van der Waals surface area contributed by atoms with Gasteiger partial charge in [0.1, 0.15) is 11.9 Å². The van der Waals surface area contributed by atoms with Crippen molar-refractivity contribution in [1.29, 1.82) is 0 Å². The zero-order valence-electron chi connectivity index (χ0n) is 15.2. The Kier molecular flexibility index (Phi) is 5.09. The Bertz CT molecular complexity index is 946. The molecule has 0 aliphatic carbocycles. The predicted octanol–water partition coefficient (Wildman–Crippen LogP) is 4.19. The summed E-state index contributed by atoms with van der Waals surface area (Å²) in [7, 11) is 0. The van der Waals surface area contributed by atoms with Gasteiger partial charge in [0.2, 0.25) is 0 Å². The van der Waals surface area contributed by atoms with Crippen LogP contribution >= 0.6 is 11.6 Å². The third-order valence-corrected chi connectivity index (χ3v) is 5.40. The smallest absolute Gasteiger partial charge is 0.328 e. The van der Waals surface area contributed by atoms with E-state index in [1.165, 1.54) is 6.08 Å². The molecule has 2 aliphatic heterocycles. The number of carboxylic acids is 1. The van der Waals surface area contributed by atoms with E-state index in [0.717, 1.165) is 48.7 Å². The van der Waals surface area contributed by atoms with Crippen LogP contribution in [-0.4, -0.2) is 41.1 Å². The molecule has 1 amide bonds. The second-order valence-electron chi connectivity index (χ2n) is 7.08. The summed E-state index contributed by atoms with van der Waals surface area (Å²) >= 11 is 6.39. The average molecular weight is 398 g/mol. The van der Waals surface area contributed by atoms with Gasteiger partial charge in [0.05, 0.1) is 5.02 Å². The van der Waals surface area contributed by atoms with Gasteiger partial charge in [0.15, 0.2) is 0 Å². The minimum atomic E-state index is -1.00. The molecule has 0 bridgehead atoms. The summed E-state index contributed by atoms with van der Waals surface area (Å²) in [5.41, 5.74) is 3.54. The number of aliphatic carboxylic acids is 1. The lowest BCUT2D eigenvalue weighted by atomic mass is 9.99. The molecule has 2 aromatic rings. The van der Waals surface area contributed by atoms with Crippen molar-refractivity contribution in [2.24, 2.45) is 0 Å². The highest BCUT2D eigenvalue weighted by Crippen LogP contribution is 2.40. The van der Waals surface area contributed by atoms with E-state index in [-0.39, 0.29) is 12.0 Å².